The number of urea groups is 1. The SMILES string of the molecule is C[C@@H]1CN(c2ncc(C(F)(F)F)cn2)C[C@H](C)N1C(=O)NC1CC2(C1)CN(Cc1ccccn1)C2. The van der Waals surface area contributed by atoms with E-state index in [1.54, 1.807) is 0 Å². The molecule has 11 heteroatoms. The molecule has 4 heterocycles. The van der Waals surface area contributed by atoms with E-state index in [1.165, 1.54) is 0 Å². The number of likely N-dealkylation sites (tertiary alicyclic amines) is 1. The van der Waals surface area contributed by atoms with Crippen LogP contribution in [0.25, 0.3) is 0 Å². The molecule has 2 amide bonds. The number of hydrogen-bond acceptors (Lipinski definition) is 6. The van der Waals surface area contributed by atoms with Gasteiger partial charge in [0.1, 0.15) is 0 Å². The Balaban J connectivity index is 1.09. The Hall–Kier alpha value is -2.95. The highest BCUT2D eigenvalue weighted by Crippen LogP contribution is 2.48. The zero-order valence-electron chi connectivity index (χ0n) is 19.9. The molecule has 35 heavy (non-hydrogen) atoms. The van der Waals surface area contributed by atoms with Crippen molar-refractivity contribution < 1.29 is 18.0 Å². The van der Waals surface area contributed by atoms with Gasteiger partial charge in [-0.15, -0.1) is 0 Å². The summed E-state index contributed by atoms with van der Waals surface area (Å²) < 4.78 is 38.4. The lowest BCUT2D eigenvalue weighted by atomic mass is 9.60. The van der Waals surface area contributed by atoms with Crippen molar-refractivity contribution in [2.24, 2.45) is 5.41 Å². The molecule has 2 atom stereocenters. The first kappa shape index (κ1) is 23.8. The van der Waals surface area contributed by atoms with Gasteiger partial charge in [-0.3, -0.25) is 9.88 Å². The van der Waals surface area contributed by atoms with E-state index in [0.29, 0.717) is 18.5 Å². The minimum atomic E-state index is -4.47. The fourth-order valence-corrected chi connectivity index (χ4v) is 5.85. The summed E-state index contributed by atoms with van der Waals surface area (Å²) in [5.41, 5.74) is 0.517. The highest BCUT2D eigenvalue weighted by Gasteiger charge is 2.53. The van der Waals surface area contributed by atoms with Crippen molar-refractivity contribution in [2.75, 3.05) is 31.1 Å². The molecule has 3 fully saturated rings. The first-order valence-corrected chi connectivity index (χ1v) is 12.0. The highest BCUT2D eigenvalue weighted by molar-refractivity contribution is 5.76. The molecule has 1 N–H and O–H groups in total. The van der Waals surface area contributed by atoms with E-state index in [9.17, 15) is 18.0 Å². The molecule has 0 radical (unpaired) electrons. The van der Waals surface area contributed by atoms with Crippen LogP contribution in [-0.2, 0) is 12.7 Å². The summed E-state index contributed by atoms with van der Waals surface area (Å²) in [5, 5.41) is 3.19. The molecule has 5 rings (SSSR count). The van der Waals surface area contributed by atoms with Gasteiger partial charge in [0.25, 0.3) is 0 Å². The summed E-state index contributed by atoms with van der Waals surface area (Å²) in [6.07, 6.45) is 0.937. The lowest BCUT2D eigenvalue weighted by Crippen LogP contribution is -2.68. The number of aromatic nitrogens is 3. The van der Waals surface area contributed by atoms with Gasteiger partial charge >= 0.3 is 12.2 Å². The Bertz CT molecular complexity index is 1020. The molecule has 1 spiro atoms. The summed E-state index contributed by atoms with van der Waals surface area (Å²) in [6, 6.07) is 5.81. The van der Waals surface area contributed by atoms with Crippen LogP contribution in [0.5, 0.6) is 0 Å². The summed E-state index contributed by atoms with van der Waals surface area (Å²) in [7, 11) is 0. The third-order valence-electron chi connectivity index (χ3n) is 7.32. The second kappa shape index (κ2) is 8.92. The van der Waals surface area contributed by atoms with Crippen LogP contribution >= 0.6 is 0 Å². The monoisotopic (exact) mass is 489 g/mol. The number of carbonyl (C=O) groups excluding carboxylic acids is 1. The van der Waals surface area contributed by atoms with Gasteiger partial charge in [-0.1, -0.05) is 6.07 Å². The van der Waals surface area contributed by atoms with Gasteiger partial charge in [0.2, 0.25) is 5.95 Å². The van der Waals surface area contributed by atoms with Crippen LogP contribution in [0.15, 0.2) is 36.8 Å². The molecule has 2 aromatic rings. The van der Waals surface area contributed by atoms with Crippen molar-refractivity contribution in [1.82, 2.24) is 30.1 Å². The molecule has 2 aromatic heterocycles. The van der Waals surface area contributed by atoms with Gasteiger partial charge in [0.15, 0.2) is 0 Å². The van der Waals surface area contributed by atoms with E-state index < -0.39 is 11.7 Å². The number of piperazine rings is 1. The fourth-order valence-electron chi connectivity index (χ4n) is 5.85. The number of halogens is 3. The lowest BCUT2D eigenvalue weighted by molar-refractivity contribution is -0.138. The Labute approximate surface area is 202 Å². The predicted molar refractivity (Wildman–Crippen MR) is 124 cm³/mol. The summed E-state index contributed by atoms with van der Waals surface area (Å²) in [5.74, 6) is 0.248. The maximum atomic E-state index is 13.1. The third-order valence-corrected chi connectivity index (χ3v) is 7.32. The minimum Gasteiger partial charge on any atom is -0.337 e. The molecule has 3 aliphatic rings. The fraction of sp³-hybridized carbons (Fsp3) is 0.583. The molecule has 1 saturated carbocycles. The van der Waals surface area contributed by atoms with E-state index in [-0.39, 0.29) is 30.1 Å². The Morgan fingerprint density at radius 1 is 1.09 bits per heavy atom. The zero-order chi connectivity index (χ0) is 24.8. The van der Waals surface area contributed by atoms with E-state index in [2.05, 4.69) is 25.2 Å². The van der Waals surface area contributed by atoms with Crippen molar-refractivity contribution in [3.05, 3.63) is 48.0 Å². The van der Waals surface area contributed by atoms with Crippen LogP contribution in [-0.4, -0.2) is 75.1 Å². The van der Waals surface area contributed by atoms with Gasteiger partial charge in [-0.25, -0.2) is 14.8 Å². The highest BCUT2D eigenvalue weighted by atomic mass is 19.4. The largest absolute Gasteiger partial charge is 0.419 e. The minimum absolute atomic E-state index is 0.0810. The van der Waals surface area contributed by atoms with Crippen molar-refractivity contribution >= 4 is 12.0 Å². The van der Waals surface area contributed by atoms with Gasteiger partial charge in [0, 0.05) is 69.4 Å². The van der Waals surface area contributed by atoms with Gasteiger partial charge < -0.3 is 15.1 Å². The number of rotatable bonds is 4. The Morgan fingerprint density at radius 2 is 1.74 bits per heavy atom. The van der Waals surface area contributed by atoms with Crippen LogP contribution in [0.2, 0.25) is 0 Å². The summed E-state index contributed by atoms with van der Waals surface area (Å²) in [4.78, 5) is 31.3. The van der Waals surface area contributed by atoms with Crippen LogP contribution in [0.3, 0.4) is 0 Å². The van der Waals surface area contributed by atoms with E-state index >= 15 is 0 Å². The number of amides is 2. The molecule has 0 unspecified atom stereocenters. The van der Waals surface area contributed by atoms with Crippen molar-refractivity contribution in [2.45, 2.75) is 57.5 Å². The smallest absolute Gasteiger partial charge is 0.337 e. The molecule has 8 nitrogen and oxygen atoms in total. The lowest BCUT2D eigenvalue weighted by Gasteiger charge is -2.59. The molecule has 0 aromatic carbocycles. The summed E-state index contributed by atoms with van der Waals surface area (Å²) in [6.45, 7) is 7.73. The van der Waals surface area contributed by atoms with Gasteiger partial charge in [0.05, 0.1) is 11.3 Å². The molecule has 1 aliphatic carbocycles. The molecule has 2 aliphatic heterocycles. The number of hydrogen-bond donors (Lipinski definition) is 1. The Morgan fingerprint density at radius 3 is 2.31 bits per heavy atom. The van der Waals surface area contributed by atoms with Crippen LogP contribution in [0.4, 0.5) is 23.9 Å². The number of anilines is 1. The van der Waals surface area contributed by atoms with Gasteiger partial charge in [-0.2, -0.15) is 13.2 Å². The topological polar surface area (TPSA) is 77.5 Å². The van der Waals surface area contributed by atoms with Crippen LogP contribution < -0.4 is 10.2 Å². The normalized spacial score (nSPS) is 24.7. The quantitative estimate of drug-likeness (QED) is 0.711. The summed E-state index contributed by atoms with van der Waals surface area (Å²) >= 11 is 0. The first-order chi connectivity index (χ1) is 16.6. The second-order valence-electron chi connectivity index (χ2n) is 10.3. The average Bonchev–Trinajstić information content (AvgIpc) is 2.76. The predicted octanol–water partition coefficient (Wildman–Crippen LogP) is 3.16. The van der Waals surface area contributed by atoms with Crippen molar-refractivity contribution in [3.8, 4) is 0 Å². The standard InChI is InChI=1S/C24H30F3N7O/c1-16-11-33(21-29-9-18(10-30-21)24(25,26)27)12-17(2)34(16)22(35)31-20-7-23(8-20)14-32(15-23)13-19-5-3-4-6-28-19/h3-6,9-10,16-17,20H,7-8,11-15H2,1-2H3,(H,31,35)/t16-,17+. The average molecular weight is 490 g/mol. The molecule has 188 valence electrons. The maximum Gasteiger partial charge on any atom is 0.419 e. The first-order valence-electron chi connectivity index (χ1n) is 12.0. The number of nitrogens with zero attached hydrogens (tertiary/aromatic N) is 6. The van der Waals surface area contributed by atoms with E-state index in [0.717, 1.165) is 50.6 Å². The second-order valence-corrected chi connectivity index (χ2v) is 10.3. The van der Waals surface area contributed by atoms with Crippen molar-refractivity contribution in [3.63, 3.8) is 0 Å². The van der Waals surface area contributed by atoms with Crippen LogP contribution in [0.1, 0.15) is 37.9 Å². The molecular formula is C24H30F3N7O. The van der Waals surface area contributed by atoms with E-state index in [1.807, 2.05) is 48.0 Å². The number of nitrogens with one attached hydrogen (secondary N) is 1. The molecule has 0 bridgehead atoms. The molecular weight excluding hydrogens is 459 g/mol. The van der Waals surface area contributed by atoms with E-state index in [4.69, 9.17) is 0 Å². The Kier molecular flexibility index (Phi) is 6.06. The van der Waals surface area contributed by atoms with Crippen molar-refractivity contribution in [1.29, 1.82) is 0 Å². The number of alkyl halides is 3. The zero-order valence-corrected chi connectivity index (χ0v) is 19.9. The molecule has 2 saturated heterocycles. The van der Waals surface area contributed by atoms with Crippen LogP contribution in [0, 0.1) is 5.41 Å². The van der Waals surface area contributed by atoms with Gasteiger partial charge in [-0.05, 0) is 44.2 Å². The number of carbonyl (C=O) groups is 1. The maximum absolute atomic E-state index is 13.1. The third kappa shape index (κ3) is 4.91. The number of pyridine rings is 1.